The quantitative estimate of drug-likeness (QED) is 0.750. The smallest absolute Gasteiger partial charge is 0.139 e. The summed E-state index contributed by atoms with van der Waals surface area (Å²) in [4.78, 5) is 17.8. The first-order valence-corrected chi connectivity index (χ1v) is 8.90. The van der Waals surface area contributed by atoms with Gasteiger partial charge in [-0.05, 0) is 6.07 Å². The van der Waals surface area contributed by atoms with Crippen molar-refractivity contribution in [3.8, 4) is 11.4 Å². The zero-order valence-corrected chi connectivity index (χ0v) is 14.5. The average Bonchev–Trinajstić information content (AvgIpc) is 3.04. The van der Waals surface area contributed by atoms with Crippen molar-refractivity contribution in [3.05, 3.63) is 36.9 Å². The first-order chi connectivity index (χ1) is 12.8. The van der Waals surface area contributed by atoms with Crippen LogP contribution < -0.4 is 10.6 Å². The minimum atomic E-state index is 0.455. The maximum Gasteiger partial charge on any atom is 0.139 e. The number of nitrogens with two attached hydrogens (primary N) is 1. The molecular formula is C18H21N7O. The lowest BCUT2D eigenvalue weighted by Crippen LogP contribution is -2.56. The van der Waals surface area contributed by atoms with Crippen LogP contribution in [0.25, 0.3) is 17.0 Å². The van der Waals surface area contributed by atoms with E-state index in [4.69, 9.17) is 10.5 Å². The van der Waals surface area contributed by atoms with Crippen molar-refractivity contribution in [1.82, 2.24) is 24.3 Å². The second kappa shape index (κ2) is 6.22. The van der Waals surface area contributed by atoms with Gasteiger partial charge in [0, 0.05) is 50.2 Å². The maximum absolute atomic E-state index is 5.78. The highest BCUT2D eigenvalue weighted by Crippen LogP contribution is 2.24. The van der Waals surface area contributed by atoms with Crippen molar-refractivity contribution in [3.63, 3.8) is 0 Å². The summed E-state index contributed by atoms with van der Waals surface area (Å²) in [7, 11) is 0. The summed E-state index contributed by atoms with van der Waals surface area (Å²) in [5.41, 5.74) is 9.58. The van der Waals surface area contributed by atoms with E-state index in [1.54, 1.807) is 6.07 Å². The molecule has 26 heavy (non-hydrogen) atoms. The highest BCUT2D eigenvalue weighted by molar-refractivity contribution is 5.65. The van der Waals surface area contributed by atoms with Gasteiger partial charge in [-0.1, -0.05) is 0 Å². The van der Waals surface area contributed by atoms with E-state index in [9.17, 15) is 0 Å². The number of piperazine rings is 1. The number of nitrogens with zero attached hydrogens (tertiary/aromatic N) is 6. The van der Waals surface area contributed by atoms with Crippen LogP contribution in [0.4, 0.5) is 11.5 Å². The lowest BCUT2D eigenvalue weighted by molar-refractivity contribution is -0.0660. The van der Waals surface area contributed by atoms with E-state index in [1.807, 2.05) is 10.6 Å². The molecule has 0 atom stereocenters. The molecule has 0 saturated carbocycles. The SMILES string of the molecule is Nc1cc(-c2cnc3cc(N4CCN(C5COC5)CC4)ccn23)ncn1. The maximum atomic E-state index is 5.78. The molecule has 2 saturated heterocycles. The van der Waals surface area contributed by atoms with Crippen LogP contribution in [0.15, 0.2) is 36.9 Å². The molecular weight excluding hydrogens is 330 g/mol. The summed E-state index contributed by atoms with van der Waals surface area (Å²) in [6.45, 7) is 6.00. The van der Waals surface area contributed by atoms with E-state index in [0.717, 1.165) is 56.4 Å². The topological polar surface area (TPSA) is 84.8 Å². The fraction of sp³-hybridized carbons (Fsp3) is 0.389. The predicted octanol–water partition coefficient (Wildman–Crippen LogP) is 0.894. The lowest BCUT2D eigenvalue weighted by Gasteiger charge is -2.43. The summed E-state index contributed by atoms with van der Waals surface area (Å²) < 4.78 is 7.35. The van der Waals surface area contributed by atoms with E-state index in [1.165, 1.54) is 12.0 Å². The first-order valence-electron chi connectivity index (χ1n) is 8.90. The monoisotopic (exact) mass is 351 g/mol. The largest absolute Gasteiger partial charge is 0.384 e. The molecule has 3 aromatic rings. The van der Waals surface area contributed by atoms with Crippen LogP contribution in [0.1, 0.15) is 0 Å². The van der Waals surface area contributed by atoms with Crippen LogP contribution in [-0.2, 0) is 4.74 Å². The normalized spacial score (nSPS) is 19.0. The van der Waals surface area contributed by atoms with Crippen molar-refractivity contribution in [1.29, 1.82) is 0 Å². The Balaban J connectivity index is 1.37. The van der Waals surface area contributed by atoms with Crippen LogP contribution in [-0.4, -0.2) is 69.7 Å². The number of ether oxygens (including phenoxy) is 1. The molecule has 5 heterocycles. The summed E-state index contributed by atoms with van der Waals surface area (Å²) in [6, 6.07) is 6.66. The number of pyridine rings is 1. The van der Waals surface area contributed by atoms with Crippen molar-refractivity contribution < 1.29 is 4.74 Å². The Kier molecular flexibility index (Phi) is 3.72. The number of rotatable bonds is 3. The molecule has 0 amide bonds. The molecule has 0 aliphatic carbocycles. The molecule has 0 spiro atoms. The van der Waals surface area contributed by atoms with Gasteiger partial charge in [0.25, 0.3) is 0 Å². The van der Waals surface area contributed by atoms with Gasteiger partial charge in [0.2, 0.25) is 0 Å². The molecule has 8 heteroatoms. The zero-order valence-electron chi connectivity index (χ0n) is 14.5. The van der Waals surface area contributed by atoms with E-state index >= 15 is 0 Å². The number of aromatic nitrogens is 4. The molecule has 8 nitrogen and oxygen atoms in total. The fourth-order valence-corrected chi connectivity index (χ4v) is 3.65. The molecule has 5 rings (SSSR count). The van der Waals surface area contributed by atoms with Crippen molar-refractivity contribution in [2.24, 2.45) is 0 Å². The van der Waals surface area contributed by atoms with Crippen LogP contribution in [0.5, 0.6) is 0 Å². The zero-order chi connectivity index (χ0) is 17.5. The number of imidazole rings is 1. The van der Waals surface area contributed by atoms with Crippen LogP contribution >= 0.6 is 0 Å². The Morgan fingerprint density at radius 1 is 1.04 bits per heavy atom. The Bertz CT molecular complexity index is 928. The molecule has 2 aliphatic rings. The Morgan fingerprint density at radius 2 is 1.88 bits per heavy atom. The Hall–Kier alpha value is -2.71. The summed E-state index contributed by atoms with van der Waals surface area (Å²) in [6.07, 6.45) is 5.36. The lowest BCUT2D eigenvalue weighted by atomic mass is 10.1. The molecule has 2 N–H and O–H groups in total. The summed E-state index contributed by atoms with van der Waals surface area (Å²) in [5, 5.41) is 0. The van der Waals surface area contributed by atoms with E-state index in [-0.39, 0.29) is 0 Å². The van der Waals surface area contributed by atoms with Crippen molar-refractivity contribution in [2.45, 2.75) is 6.04 Å². The summed E-state index contributed by atoms with van der Waals surface area (Å²) in [5.74, 6) is 0.455. The number of nitrogen functional groups attached to an aromatic ring is 1. The number of hydrogen-bond donors (Lipinski definition) is 1. The van der Waals surface area contributed by atoms with Gasteiger partial charge in [0.15, 0.2) is 0 Å². The molecule has 0 bridgehead atoms. The Labute approximate surface area is 151 Å². The summed E-state index contributed by atoms with van der Waals surface area (Å²) >= 11 is 0. The number of hydrogen-bond acceptors (Lipinski definition) is 7. The fourth-order valence-electron chi connectivity index (χ4n) is 3.65. The van der Waals surface area contributed by atoms with Gasteiger partial charge in [0.1, 0.15) is 17.8 Å². The van der Waals surface area contributed by atoms with Gasteiger partial charge in [-0.25, -0.2) is 15.0 Å². The second-order valence-corrected chi connectivity index (χ2v) is 6.80. The molecule has 2 aliphatic heterocycles. The molecule has 0 radical (unpaired) electrons. The van der Waals surface area contributed by atoms with Crippen LogP contribution in [0.3, 0.4) is 0 Å². The first kappa shape index (κ1) is 15.5. The molecule has 3 aromatic heterocycles. The standard InChI is InChI=1S/C18H21N7O/c19-17-8-15(21-12-22-17)16-9-20-18-7-13(1-2-25(16)18)23-3-5-24(6-4-23)14-10-26-11-14/h1-2,7-9,12,14H,3-6,10-11H2,(H2,19,21,22). The van der Waals surface area contributed by atoms with E-state index < -0.39 is 0 Å². The Morgan fingerprint density at radius 3 is 2.62 bits per heavy atom. The van der Waals surface area contributed by atoms with Gasteiger partial charge < -0.3 is 15.4 Å². The van der Waals surface area contributed by atoms with Gasteiger partial charge in [-0.2, -0.15) is 0 Å². The third-order valence-corrected chi connectivity index (χ3v) is 5.26. The third kappa shape index (κ3) is 2.67. The highest BCUT2D eigenvalue weighted by atomic mass is 16.5. The molecule has 0 aromatic carbocycles. The van der Waals surface area contributed by atoms with Crippen LogP contribution in [0.2, 0.25) is 0 Å². The predicted molar refractivity (Wildman–Crippen MR) is 99.0 cm³/mol. The van der Waals surface area contributed by atoms with Crippen molar-refractivity contribution in [2.75, 3.05) is 50.0 Å². The number of anilines is 2. The molecule has 134 valence electrons. The highest BCUT2D eigenvalue weighted by Gasteiger charge is 2.29. The van der Waals surface area contributed by atoms with Gasteiger partial charge >= 0.3 is 0 Å². The van der Waals surface area contributed by atoms with Gasteiger partial charge in [-0.3, -0.25) is 9.30 Å². The van der Waals surface area contributed by atoms with Crippen LogP contribution in [0, 0.1) is 0 Å². The van der Waals surface area contributed by atoms with Crippen molar-refractivity contribution >= 4 is 17.2 Å². The minimum Gasteiger partial charge on any atom is -0.384 e. The minimum absolute atomic E-state index is 0.455. The average molecular weight is 351 g/mol. The molecule has 0 unspecified atom stereocenters. The molecule has 2 fully saturated rings. The number of fused-ring (bicyclic) bond motifs is 1. The third-order valence-electron chi connectivity index (χ3n) is 5.26. The van der Waals surface area contributed by atoms with Gasteiger partial charge in [-0.15, -0.1) is 0 Å². The van der Waals surface area contributed by atoms with Gasteiger partial charge in [0.05, 0.1) is 36.8 Å². The van der Waals surface area contributed by atoms with E-state index in [0.29, 0.717) is 11.9 Å². The van der Waals surface area contributed by atoms with E-state index in [2.05, 4.69) is 43.1 Å². The second-order valence-electron chi connectivity index (χ2n) is 6.80.